The molecule has 0 saturated carbocycles. The van der Waals surface area contributed by atoms with Crippen molar-refractivity contribution < 1.29 is 23.4 Å². The Balaban J connectivity index is 2.24. The first kappa shape index (κ1) is 15.0. The van der Waals surface area contributed by atoms with E-state index in [0.29, 0.717) is 10.9 Å². The zero-order valence-corrected chi connectivity index (χ0v) is 12.6. The molecule has 0 spiro atoms. The number of nitrogens with one attached hydrogen (secondary N) is 1. The third-order valence-corrected chi connectivity index (χ3v) is 5.20. The van der Waals surface area contributed by atoms with Crippen molar-refractivity contribution in [3.8, 4) is 5.88 Å². The van der Waals surface area contributed by atoms with Crippen molar-refractivity contribution in [2.24, 2.45) is 0 Å². The molecule has 2 rings (SSSR count). The fourth-order valence-corrected chi connectivity index (χ4v) is 4.02. The summed E-state index contributed by atoms with van der Waals surface area (Å²) in [5.74, 6) is -0.581. The van der Waals surface area contributed by atoms with Crippen LogP contribution >= 0.6 is 15.9 Å². The molecule has 1 aromatic heterocycles. The smallest absolute Gasteiger partial charge is 0.404 e. The number of hydrogen-bond acceptors (Lipinski definition) is 5. The third kappa shape index (κ3) is 3.02. The standard InChI is InChI=1S/C10H12BrN3O5S/c11-6-3-8(9(15)12-4-6)20(18,19)14-2-1-7(5-14)13-10(16)17/h3-4,7,13H,1-2,5H2,(H,12,15)(H,16,17)/t7-/m0/s1. The summed E-state index contributed by atoms with van der Waals surface area (Å²) in [6.07, 6.45) is 0.474. The first-order valence-corrected chi connectivity index (χ1v) is 7.88. The van der Waals surface area contributed by atoms with Crippen molar-refractivity contribution in [3.05, 3.63) is 16.7 Å². The predicted octanol–water partition coefficient (Wildman–Crippen LogP) is 0.580. The summed E-state index contributed by atoms with van der Waals surface area (Å²) >= 11 is 3.10. The average molecular weight is 366 g/mol. The summed E-state index contributed by atoms with van der Waals surface area (Å²) in [5, 5.41) is 20.5. The zero-order chi connectivity index (χ0) is 14.9. The van der Waals surface area contributed by atoms with Crippen molar-refractivity contribution >= 4 is 32.0 Å². The van der Waals surface area contributed by atoms with Gasteiger partial charge in [0.15, 0.2) is 0 Å². The number of aromatic hydroxyl groups is 1. The lowest BCUT2D eigenvalue weighted by atomic mass is 10.3. The number of aromatic nitrogens is 1. The Labute approximate surface area is 123 Å². The van der Waals surface area contributed by atoms with E-state index >= 15 is 0 Å². The molecule has 3 N–H and O–H groups in total. The lowest BCUT2D eigenvalue weighted by Gasteiger charge is -2.17. The highest BCUT2D eigenvalue weighted by Gasteiger charge is 2.35. The minimum atomic E-state index is -3.90. The largest absolute Gasteiger partial charge is 0.492 e. The van der Waals surface area contributed by atoms with Gasteiger partial charge in [0.05, 0.1) is 0 Å². The predicted molar refractivity (Wildman–Crippen MR) is 71.9 cm³/mol. The molecule has 0 radical (unpaired) electrons. The summed E-state index contributed by atoms with van der Waals surface area (Å²) < 4.78 is 26.3. The quantitative estimate of drug-likeness (QED) is 0.720. The van der Waals surface area contributed by atoms with Gasteiger partial charge in [-0.05, 0) is 28.4 Å². The number of nitrogens with zero attached hydrogens (tertiary/aromatic N) is 2. The minimum absolute atomic E-state index is 0.0284. The van der Waals surface area contributed by atoms with Crippen LogP contribution < -0.4 is 5.32 Å². The summed E-state index contributed by atoms with van der Waals surface area (Å²) in [7, 11) is -3.90. The lowest BCUT2D eigenvalue weighted by molar-refractivity contribution is 0.190. The van der Waals surface area contributed by atoms with Crippen LogP contribution in [0.15, 0.2) is 21.6 Å². The molecule has 0 aromatic carbocycles. The molecule has 1 amide bonds. The second-order valence-corrected chi connectivity index (χ2v) is 7.10. The van der Waals surface area contributed by atoms with Crippen LogP contribution in [0, 0.1) is 0 Å². The van der Waals surface area contributed by atoms with Crippen molar-refractivity contribution in [2.75, 3.05) is 13.1 Å². The van der Waals surface area contributed by atoms with Crippen molar-refractivity contribution in [3.63, 3.8) is 0 Å². The first-order chi connectivity index (χ1) is 9.30. The number of amides is 1. The maximum absolute atomic E-state index is 12.4. The molecule has 20 heavy (non-hydrogen) atoms. The molecule has 0 bridgehead atoms. The Kier molecular flexibility index (Phi) is 4.16. The molecule has 1 aliphatic rings. The fourth-order valence-electron chi connectivity index (χ4n) is 1.98. The van der Waals surface area contributed by atoms with E-state index in [-0.39, 0.29) is 18.0 Å². The summed E-state index contributed by atoms with van der Waals surface area (Å²) in [6, 6.07) is 0.805. The van der Waals surface area contributed by atoms with Crippen molar-refractivity contribution in [1.82, 2.24) is 14.6 Å². The first-order valence-electron chi connectivity index (χ1n) is 5.65. The number of sulfonamides is 1. The highest BCUT2D eigenvalue weighted by Crippen LogP contribution is 2.28. The Morgan fingerprint density at radius 2 is 2.25 bits per heavy atom. The number of hydrogen-bond donors (Lipinski definition) is 3. The lowest BCUT2D eigenvalue weighted by Crippen LogP contribution is -2.37. The molecule has 1 aromatic rings. The van der Waals surface area contributed by atoms with E-state index in [1.165, 1.54) is 12.3 Å². The SMILES string of the molecule is O=C(O)N[C@H]1CCN(S(=O)(=O)c2cc(Br)cnc2O)C1. The molecule has 110 valence electrons. The normalized spacial score (nSPS) is 19.9. The van der Waals surface area contributed by atoms with Gasteiger partial charge in [-0.25, -0.2) is 18.2 Å². The van der Waals surface area contributed by atoms with Crippen LogP contribution in [0.25, 0.3) is 0 Å². The maximum Gasteiger partial charge on any atom is 0.404 e. The molecular formula is C10H12BrN3O5S. The number of halogens is 1. The molecular weight excluding hydrogens is 354 g/mol. The van der Waals surface area contributed by atoms with Crippen LogP contribution in [0.4, 0.5) is 4.79 Å². The molecule has 2 heterocycles. The van der Waals surface area contributed by atoms with Crippen LogP contribution in [-0.2, 0) is 10.0 Å². The molecule has 1 atom stereocenters. The number of rotatable bonds is 3. The molecule has 8 nitrogen and oxygen atoms in total. The van der Waals surface area contributed by atoms with Gasteiger partial charge in [0.1, 0.15) is 4.90 Å². The van der Waals surface area contributed by atoms with Gasteiger partial charge in [-0.1, -0.05) is 0 Å². The second kappa shape index (κ2) is 5.54. The van der Waals surface area contributed by atoms with Gasteiger partial charge in [0, 0.05) is 29.8 Å². The summed E-state index contributed by atoms with van der Waals surface area (Å²) in [5.41, 5.74) is 0. The van der Waals surface area contributed by atoms with Gasteiger partial charge in [0.2, 0.25) is 15.9 Å². The molecule has 1 saturated heterocycles. The van der Waals surface area contributed by atoms with Gasteiger partial charge in [0.25, 0.3) is 0 Å². The van der Waals surface area contributed by atoms with Gasteiger partial charge < -0.3 is 15.5 Å². The zero-order valence-electron chi connectivity index (χ0n) is 10.2. The Morgan fingerprint density at radius 1 is 1.55 bits per heavy atom. The van der Waals surface area contributed by atoms with Crippen LogP contribution in [0.1, 0.15) is 6.42 Å². The fraction of sp³-hybridized carbons (Fsp3) is 0.400. The highest BCUT2D eigenvalue weighted by molar-refractivity contribution is 9.10. The minimum Gasteiger partial charge on any atom is -0.492 e. The van der Waals surface area contributed by atoms with E-state index in [0.717, 1.165) is 4.31 Å². The molecule has 10 heteroatoms. The van der Waals surface area contributed by atoms with Gasteiger partial charge in [-0.15, -0.1) is 0 Å². The molecule has 0 aliphatic carbocycles. The van der Waals surface area contributed by atoms with Crippen LogP contribution in [0.2, 0.25) is 0 Å². The van der Waals surface area contributed by atoms with Crippen LogP contribution in [-0.4, -0.2) is 53.1 Å². The van der Waals surface area contributed by atoms with Crippen LogP contribution in [0.3, 0.4) is 0 Å². The Hall–Kier alpha value is -1.39. The van der Waals surface area contributed by atoms with E-state index in [1.54, 1.807) is 0 Å². The van der Waals surface area contributed by atoms with E-state index in [9.17, 15) is 18.3 Å². The average Bonchev–Trinajstić information content (AvgIpc) is 2.80. The van der Waals surface area contributed by atoms with Crippen molar-refractivity contribution in [1.29, 1.82) is 0 Å². The molecule has 0 unspecified atom stereocenters. The third-order valence-electron chi connectivity index (χ3n) is 2.90. The Morgan fingerprint density at radius 3 is 2.90 bits per heavy atom. The van der Waals surface area contributed by atoms with Gasteiger partial charge in [-0.3, -0.25) is 0 Å². The maximum atomic E-state index is 12.4. The summed E-state index contributed by atoms with van der Waals surface area (Å²) in [4.78, 5) is 13.8. The van der Waals surface area contributed by atoms with Crippen LogP contribution in [0.5, 0.6) is 5.88 Å². The molecule has 1 fully saturated rings. The van der Waals surface area contributed by atoms with E-state index in [4.69, 9.17) is 5.11 Å². The summed E-state index contributed by atoms with van der Waals surface area (Å²) in [6.45, 7) is 0.208. The Bertz CT molecular complexity index is 636. The number of pyridine rings is 1. The van der Waals surface area contributed by atoms with Gasteiger partial charge in [-0.2, -0.15) is 4.31 Å². The van der Waals surface area contributed by atoms with E-state index in [1.807, 2.05) is 0 Å². The highest BCUT2D eigenvalue weighted by atomic mass is 79.9. The van der Waals surface area contributed by atoms with Crippen molar-refractivity contribution in [2.45, 2.75) is 17.4 Å². The van der Waals surface area contributed by atoms with Gasteiger partial charge >= 0.3 is 6.09 Å². The monoisotopic (exact) mass is 365 g/mol. The topological polar surface area (TPSA) is 120 Å². The number of carboxylic acid groups (broad SMARTS) is 1. The number of carbonyl (C=O) groups is 1. The van der Waals surface area contributed by atoms with E-state index < -0.39 is 28.0 Å². The molecule has 1 aliphatic heterocycles. The second-order valence-electron chi connectivity index (χ2n) is 4.27. The van der Waals surface area contributed by atoms with E-state index in [2.05, 4.69) is 26.2 Å².